The van der Waals surface area contributed by atoms with Gasteiger partial charge in [0.05, 0.1) is 6.54 Å². The first-order valence-electron chi connectivity index (χ1n) is 2.43. The molecule has 0 aliphatic carbocycles. The molecular formula is C3H7BrN4O2. The average molecular weight is 211 g/mol. The van der Waals surface area contributed by atoms with Crippen molar-refractivity contribution in [2.75, 3.05) is 13.1 Å². The van der Waals surface area contributed by atoms with Crippen molar-refractivity contribution >= 4 is 22.9 Å². The van der Waals surface area contributed by atoms with E-state index in [4.69, 9.17) is 5.73 Å². The van der Waals surface area contributed by atoms with Crippen LogP contribution in [0.15, 0.2) is 4.99 Å². The fourth-order valence-corrected chi connectivity index (χ4v) is 0.621. The molecule has 0 bridgehead atoms. The molecule has 58 valence electrons. The van der Waals surface area contributed by atoms with Crippen molar-refractivity contribution in [2.45, 2.75) is 0 Å². The maximum absolute atomic E-state index is 9.98. The van der Waals surface area contributed by atoms with E-state index in [-0.39, 0.29) is 22.9 Å². The van der Waals surface area contributed by atoms with E-state index in [0.717, 1.165) is 5.01 Å². The molecule has 0 aromatic rings. The van der Waals surface area contributed by atoms with Crippen LogP contribution in [0.4, 0.5) is 0 Å². The quantitative estimate of drug-likeness (QED) is 0.463. The molecule has 2 N–H and O–H groups in total. The number of hydrogen-bond acceptors (Lipinski definition) is 4. The van der Waals surface area contributed by atoms with Gasteiger partial charge in [0.2, 0.25) is 0 Å². The second-order valence-corrected chi connectivity index (χ2v) is 1.60. The number of halogens is 1. The summed E-state index contributed by atoms with van der Waals surface area (Å²) in [6, 6.07) is 0. The number of hydrazine groups is 1. The number of nitrogens with two attached hydrogens (primary N) is 1. The Bertz CT molecular complexity index is 170. The van der Waals surface area contributed by atoms with Crippen LogP contribution in [0.5, 0.6) is 0 Å². The van der Waals surface area contributed by atoms with Crippen molar-refractivity contribution < 1.29 is 5.03 Å². The second kappa shape index (κ2) is 3.35. The zero-order chi connectivity index (χ0) is 6.85. The van der Waals surface area contributed by atoms with Crippen LogP contribution in [-0.2, 0) is 0 Å². The largest absolute Gasteiger partial charge is 0.365 e. The first-order chi connectivity index (χ1) is 4.22. The smallest absolute Gasteiger partial charge is 0.254 e. The van der Waals surface area contributed by atoms with Gasteiger partial charge in [0.1, 0.15) is 6.54 Å². The third kappa shape index (κ3) is 1.56. The fourth-order valence-electron chi connectivity index (χ4n) is 0.621. The van der Waals surface area contributed by atoms with E-state index in [1.165, 1.54) is 0 Å². The van der Waals surface area contributed by atoms with Gasteiger partial charge in [-0.15, -0.1) is 17.0 Å². The first-order valence-corrected chi connectivity index (χ1v) is 2.43. The predicted molar refractivity (Wildman–Crippen MR) is 40.5 cm³/mol. The average Bonchev–Trinajstić information content (AvgIpc) is 2.13. The van der Waals surface area contributed by atoms with Crippen LogP contribution < -0.4 is 5.73 Å². The van der Waals surface area contributed by atoms with Gasteiger partial charge >= 0.3 is 0 Å². The van der Waals surface area contributed by atoms with Gasteiger partial charge in [-0.2, -0.15) is 0 Å². The number of guanidine groups is 1. The number of rotatable bonds is 1. The number of nitro groups is 1. The molecule has 6 nitrogen and oxygen atoms in total. The van der Waals surface area contributed by atoms with Crippen LogP contribution in [0, 0.1) is 10.1 Å². The van der Waals surface area contributed by atoms with E-state index in [0.29, 0.717) is 13.1 Å². The molecule has 0 fully saturated rings. The molecular weight excluding hydrogens is 204 g/mol. The topological polar surface area (TPSA) is 84.8 Å². The summed E-state index contributed by atoms with van der Waals surface area (Å²) in [7, 11) is 0. The highest BCUT2D eigenvalue weighted by molar-refractivity contribution is 8.93. The lowest BCUT2D eigenvalue weighted by molar-refractivity contribution is -0.627. The van der Waals surface area contributed by atoms with E-state index in [9.17, 15) is 10.1 Å². The van der Waals surface area contributed by atoms with Crippen molar-refractivity contribution in [3.63, 3.8) is 0 Å². The van der Waals surface area contributed by atoms with Crippen molar-refractivity contribution in [1.82, 2.24) is 5.01 Å². The third-order valence-corrected chi connectivity index (χ3v) is 1.05. The minimum absolute atomic E-state index is 0. The van der Waals surface area contributed by atoms with E-state index >= 15 is 0 Å². The third-order valence-electron chi connectivity index (χ3n) is 1.05. The van der Waals surface area contributed by atoms with Gasteiger partial charge in [0.15, 0.2) is 5.03 Å². The van der Waals surface area contributed by atoms with Crippen molar-refractivity contribution in [3.05, 3.63) is 10.1 Å². The highest BCUT2D eigenvalue weighted by Gasteiger charge is 2.22. The molecule has 1 rings (SSSR count). The Kier molecular flexibility index (Phi) is 3.07. The molecule has 0 atom stereocenters. The molecule has 1 heterocycles. The summed E-state index contributed by atoms with van der Waals surface area (Å²) in [5.41, 5.74) is 5.11. The molecule has 10 heavy (non-hydrogen) atoms. The molecule has 0 radical (unpaired) electrons. The zero-order valence-corrected chi connectivity index (χ0v) is 6.77. The van der Waals surface area contributed by atoms with Crippen molar-refractivity contribution in [1.29, 1.82) is 0 Å². The van der Waals surface area contributed by atoms with Crippen LogP contribution in [0.2, 0.25) is 0 Å². The van der Waals surface area contributed by atoms with Crippen molar-refractivity contribution in [2.24, 2.45) is 10.7 Å². The van der Waals surface area contributed by atoms with Gasteiger partial charge in [-0.1, -0.05) is 5.01 Å². The van der Waals surface area contributed by atoms with Crippen LogP contribution in [0.25, 0.3) is 0 Å². The van der Waals surface area contributed by atoms with Crippen LogP contribution in [0.1, 0.15) is 0 Å². The Morgan fingerprint density at radius 2 is 2.40 bits per heavy atom. The molecule has 0 saturated carbocycles. The molecule has 0 aromatic carbocycles. The predicted octanol–water partition coefficient (Wildman–Crippen LogP) is -0.614. The summed E-state index contributed by atoms with van der Waals surface area (Å²) < 4.78 is 0. The van der Waals surface area contributed by atoms with Crippen molar-refractivity contribution in [3.8, 4) is 0 Å². The molecule has 7 heteroatoms. The van der Waals surface area contributed by atoms with Gasteiger partial charge in [0.25, 0.3) is 5.96 Å². The summed E-state index contributed by atoms with van der Waals surface area (Å²) >= 11 is 0. The minimum Gasteiger partial charge on any atom is -0.365 e. The summed E-state index contributed by atoms with van der Waals surface area (Å²) in [4.78, 5) is 13.6. The lowest BCUT2D eigenvalue weighted by Gasteiger charge is -2.02. The van der Waals surface area contributed by atoms with E-state index < -0.39 is 5.03 Å². The molecule has 0 unspecified atom stereocenters. The molecule has 0 amide bonds. The van der Waals surface area contributed by atoms with Gasteiger partial charge < -0.3 is 5.73 Å². The molecule has 0 spiro atoms. The summed E-state index contributed by atoms with van der Waals surface area (Å²) in [5.74, 6) is 0.000000000000000444. The monoisotopic (exact) mass is 210 g/mol. The second-order valence-electron chi connectivity index (χ2n) is 1.60. The lowest BCUT2D eigenvalue weighted by atomic mass is 10.7. The SMILES string of the molecule is Br.NC1=NCCN1[N+](=O)[O-]. The Morgan fingerprint density at radius 1 is 1.80 bits per heavy atom. The molecule has 1 aliphatic heterocycles. The van der Waals surface area contributed by atoms with Gasteiger partial charge in [-0.25, -0.2) is 15.1 Å². The molecule has 0 aromatic heterocycles. The first kappa shape index (κ1) is 9.15. The Morgan fingerprint density at radius 3 is 2.60 bits per heavy atom. The fraction of sp³-hybridized carbons (Fsp3) is 0.667. The Balaban J connectivity index is 0.000000810. The van der Waals surface area contributed by atoms with Crippen LogP contribution >= 0.6 is 17.0 Å². The number of nitrogens with zero attached hydrogens (tertiary/aromatic N) is 3. The van der Waals surface area contributed by atoms with Crippen LogP contribution in [-0.4, -0.2) is 29.1 Å². The number of hydrogen-bond donors (Lipinski definition) is 1. The number of aliphatic imine (C=N–C) groups is 1. The van der Waals surface area contributed by atoms with E-state index in [1.54, 1.807) is 0 Å². The maximum Gasteiger partial charge on any atom is 0.254 e. The standard InChI is InChI=1S/C3H6N4O2.BrH/c4-3-5-1-2-6(3)7(8)9;/h1-2H2,(H2,4,5);1H. The van der Waals surface area contributed by atoms with Gasteiger partial charge in [-0.3, -0.25) is 0 Å². The summed E-state index contributed by atoms with van der Waals surface area (Å²) in [6.07, 6.45) is 0. The highest BCUT2D eigenvalue weighted by atomic mass is 79.9. The van der Waals surface area contributed by atoms with E-state index in [1.807, 2.05) is 0 Å². The lowest BCUT2D eigenvalue weighted by Crippen LogP contribution is -2.38. The highest BCUT2D eigenvalue weighted by Crippen LogP contribution is 1.95. The maximum atomic E-state index is 9.98. The Hall–Kier alpha value is -0.850. The minimum atomic E-state index is -0.564. The van der Waals surface area contributed by atoms with Gasteiger partial charge in [0, 0.05) is 0 Å². The Labute approximate surface area is 67.6 Å². The zero-order valence-electron chi connectivity index (χ0n) is 5.06. The summed E-state index contributed by atoms with van der Waals surface area (Å²) in [6.45, 7) is 0.714. The molecule has 1 aliphatic rings. The van der Waals surface area contributed by atoms with Crippen LogP contribution in [0.3, 0.4) is 0 Å². The van der Waals surface area contributed by atoms with Gasteiger partial charge in [-0.05, 0) is 0 Å². The molecule has 0 saturated heterocycles. The summed E-state index contributed by atoms with van der Waals surface area (Å²) in [5, 5.41) is 10.2. The normalized spacial score (nSPS) is 16.0. The van der Waals surface area contributed by atoms with E-state index in [2.05, 4.69) is 4.99 Å².